The number of nitrogens with one attached hydrogen (secondary N) is 1. The molecule has 1 aromatic heterocycles. The van der Waals surface area contributed by atoms with E-state index in [1.807, 2.05) is 17.8 Å². The summed E-state index contributed by atoms with van der Waals surface area (Å²) in [6, 6.07) is 0. The van der Waals surface area contributed by atoms with E-state index in [1.165, 1.54) is 0 Å². The SMILES string of the molecule is CCNc1ncc(I)n1C. The number of imidazole rings is 1. The van der Waals surface area contributed by atoms with Crippen LogP contribution in [-0.4, -0.2) is 16.1 Å². The second-order valence-corrected chi connectivity index (χ2v) is 3.10. The monoisotopic (exact) mass is 251 g/mol. The Morgan fingerprint density at radius 1 is 1.80 bits per heavy atom. The van der Waals surface area contributed by atoms with E-state index in [-0.39, 0.29) is 0 Å². The third-order valence-corrected chi connectivity index (χ3v) is 2.27. The van der Waals surface area contributed by atoms with Crippen molar-refractivity contribution in [2.24, 2.45) is 7.05 Å². The maximum Gasteiger partial charge on any atom is 0.203 e. The summed E-state index contributed by atoms with van der Waals surface area (Å²) in [5.41, 5.74) is 0. The number of aromatic nitrogens is 2. The number of halogens is 1. The third-order valence-electron chi connectivity index (χ3n) is 1.27. The van der Waals surface area contributed by atoms with Gasteiger partial charge in [-0.3, -0.25) is 0 Å². The molecule has 0 amide bonds. The molecule has 0 aliphatic heterocycles. The van der Waals surface area contributed by atoms with Crippen LogP contribution in [-0.2, 0) is 7.05 Å². The maximum absolute atomic E-state index is 4.15. The van der Waals surface area contributed by atoms with E-state index in [2.05, 4.69) is 39.8 Å². The highest BCUT2D eigenvalue weighted by atomic mass is 127. The van der Waals surface area contributed by atoms with Crippen molar-refractivity contribution in [3.05, 3.63) is 9.90 Å². The topological polar surface area (TPSA) is 29.9 Å². The molecule has 0 unspecified atom stereocenters. The number of hydrogen-bond donors (Lipinski definition) is 1. The van der Waals surface area contributed by atoms with Crippen LogP contribution in [0.25, 0.3) is 0 Å². The molecular weight excluding hydrogens is 241 g/mol. The number of hydrogen-bond acceptors (Lipinski definition) is 2. The van der Waals surface area contributed by atoms with Gasteiger partial charge in [0.15, 0.2) is 0 Å². The van der Waals surface area contributed by atoms with Gasteiger partial charge >= 0.3 is 0 Å². The zero-order chi connectivity index (χ0) is 7.56. The summed E-state index contributed by atoms with van der Waals surface area (Å²) in [6.07, 6.45) is 1.85. The van der Waals surface area contributed by atoms with Gasteiger partial charge in [0.25, 0.3) is 0 Å². The van der Waals surface area contributed by atoms with Crippen LogP contribution in [0.3, 0.4) is 0 Å². The van der Waals surface area contributed by atoms with Gasteiger partial charge in [0.05, 0.1) is 6.20 Å². The molecule has 1 rings (SSSR count). The first kappa shape index (κ1) is 7.84. The van der Waals surface area contributed by atoms with Crippen molar-refractivity contribution in [3.63, 3.8) is 0 Å². The lowest BCUT2D eigenvalue weighted by molar-refractivity contribution is 0.884. The first-order valence-electron chi connectivity index (χ1n) is 3.16. The van der Waals surface area contributed by atoms with Crippen molar-refractivity contribution in [1.82, 2.24) is 9.55 Å². The van der Waals surface area contributed by atoms with E-state index >= 15 is 0 Å². The molecule has 3 nitrogen and oxygen atoms in total. The van der Waals surface area contributed by atoms with E-state index in [4.69, 9.17) is 0 Å². The average molecular weight is 251 g/mol. The number of rotatable bonds is 2. The third kappa shape index (κ3) is 1.42. The smallest absolute Gasteiger partial charge is 0.203 e. The fourth-order valence-electron chi connectivity index (χ4n) is 0.711. The van der Waals surface area contributed by atoms with Crippen LogP contribution in [0.5, 0.6) is 0 Å². The molecule has 0 aliphatic carbocycles. The lowest BCUT2D eigenvalue weighted by Crippen LogP contribution is -2.04. The summed E-state index contributed by atoms with van der Waals surface area (Å²) in [5.74, 6) is 0.937. The minimum absolute atomic E-state index is 0.918. The van der Waals surface area contributed by atoms with Crippen molar-refractivity contribution in [3.8, 4) is 0 Å². The van der Waals surface area contributed by atoms with Crippen molar-refractivity contribution in [2.75, 3.05) is 11.9 Å². The van der Waals surface area contributed by atoms with Crippen LogP contribution >= 0.6 is 22.6 Å². The largest absolute Gasteiger partial charge is 0.356 e. The highest BCUT2D eigenvalue weighted by Gasteiger charge is 1.99. The molecule has 0 bridgehead atoms. The first-order chi connectivity index (χ1) is 4.75. The Bertz CT molecular complexity index is 219. The molecule has 56 valence electrons. The normalized spacial score (nSPS) is 9.90. The highest BCUT2D eigenvalue weighted by molar-refractivity contribution is 14.1. The number of nitrogens with zero attached hydrogens (tertiary/aromatic N) is 2. The summed E-state index contributed by atoms with van der Waals surface area (Å²) in [5, 5.41) is 3.14. The Hall–Kier alpha value is -0.260. The number of anilines is 1. The molecule has 0 spiro atoms. The standard InChI is InChI=1S/C6H10IN3/c1-3-8-6-9-4-5(7)10(6)2/h4H,3H2,1-2H3,(H,8,9). The molecule has 0 atom stereocenters. The predicted molar refractivity (Wildman–Crippen MR) is 50.1 cm³/mol. The van der Waals surface area contributed by atoms with Crippen LogP contribution < -0.4 is 5.32 Å². The van der Waals surface area contributed by atoms with Crippen molar-refractivity contribution in [2.45, 2.75) is 6.92 Å². The van der Waals surface area contributed by atoms with E-state index in [1.54, 1.807) is 0 Å². The Morgan fingerprint density at radius 2 is 2.50 bits per heavy atom. The van der Waals surface area contributed by atoms with Gasteiger partial charge in [-0.05, 0) is 29.5 Å². The van der Waals surface area contributed by atoms with Gasteiger partial charge in [-0.1, -0.05) is 0 Å². The van der Waals surface area contributed by atoms with E-state index < -0.39 is 0 Å². The van der Waals surface area contributed by atoms with Crippen molar-refractivity contribution in [1.29, 1.82) is 0 Å². The Labute approximate surface area is 74.0 Å². The van der Waals surface area contributed by atoms with Gasteiger partial charge in [0.2, 0.25) is 5.95 Å². The molecule has 10 heavy (non-hydrogen) atoms. The van der Waals surface area contributed by atoms with E-state index in [9.17, 15) is 0 Å². The van der Waals surface area contributed by atoms with Crippen molar-refractivity contribution >= 4 is 28.5 Å². The lowest BCUT2D eigenvalue weighted by Gasteiger charge is -2.01. The molecule has 0 aromatic carbocycles. The molecule has 0 saturated carbocycles. The Morgan fingerprint density at radius 3 is 2.90 bits per heavy atom. The van der Waals surface area contributed by atoms with Crippen LogP contribution in [0.2, 0.25) is 0 Å². The molecule has 0 saturated heterocycles. The quantitative estimate of drug-likeness (QED) is 0.806. The summed E-state index contributed by atoms with van der Waals surface area (Å²) in [6.45, 7) is 2.97. The minimum Gasteiger partial charge on any atom is -0.356 e. The Balaban J connectivity index is 2.83. The molecule has 0 radical (unpaired) electrons. The van der Waals surface area contributed by atoms with E-state index in [0.29, 0.717) is 0 Å². The maximum atomic E-state index is 4.15. The summed E-state index contributed by atoms with van der Waals surface area (Å²) in [7, 11) is 1.99. The molecule has 4 heteroatoms. The van der Waals surface area contributed by atoms with Crippen LogP contribution in [0.1, 0.15) is 6.92 Å². The average Bonchev–Trinajstić information content (AvgIpc) is 2.20. The Kier molecular flexibility index (Phi) is 2.53. The molecule has 0 aliphatic rings. The van der Waals surface area contributed by atoms with E-state index in [0.717, 1.165) is 16.2 Å². The van der Waals surface area contributed by atoms with Gasteiger partial charge in [0.1, 0.15) is 3.70 Å². The highest BCUT2D eigenvalue weighted by Crippen LogP contribution is 2.09. The zero-order valence-corrected chi connectivity index (χ0v) is 8.21. The summed E-state index contributed by atoms with van der Waals surface area (Å²) >= 11 is 2.25. The fraction of sp³-hybridized carbons (Fsp3) is 0.500. The molecule has 0 fully saturated rings. The van der Waals surface area contributed by atoms with Gasteiger partial charge in [-0.2, -0.15) is 0 Å². The van der Waals surface area contributed by atoms with Gasteiger partial charge in [0, 0.05) is 13.6 Å². The summed E-state index contributed by atoms with van der Waals surface area (Å²) in [4.78, 5) is 4.15. The zero-order valence-electron chi connectivity index (χ0n) is 6.06. The predicted octanol–water partition coefficient (Wildman–Crippen LogP) is 1.46. The molecule has 1 heterocycles. The van der Waals surface area contributed by atoms with Gasteiger partial charge in [-0.25, -0.2) is 4.98 Å². The van der Waals surface area contributed by atoms with Crippen LogP contribution in [0, 0.1) is 3.70 Å². The minimum atomic E-state index is 0.918. The molecule has 1 N–H and O–H groups in total. The van der Waals surface area contributed by atoms with Crippen LogP contribution in [0.4, 0.5) is 5.95 Å². The van der Waals surface area contributed by atoms with Gasteiger partial charge in [-0.15, -0.1) is 0 Å². The molecular formula is C6H10IN3. The second kappa shape index (κ2) is 3.23. The lowest BCUT2D eigenvalue weighted by atomic mass is 10.7. The first-order valence-corrected chi connectivity index (χ1v) is 4.24. The van der Waals surface area contributed by atoms with Crippen LogP contribution in [0.15, 0.2) is 6.20 Å². The summed E-state index contributed by atoms with van der Waals surface area (Å²) < 4.78 is 3.16. The van der Waals surface area contributed by atoms with Gasteiger partial charge < -0.3 is 9.88 Å². The second-order valence-electron chi connectivity index (χ2n) is 1.99. The fourth-order valence-corrected chi connectivity index (χ4v) is 1.08. The molecule has 1 aromatic rings. The van der Waals surface area contributed by atoms with Crippen molar-refractivity contribution < 1.29 is 0 Å².